The SMILES string of the molecule is CCOC(=O)c1ccc(N2C(=O)c3n[nH]c(-c4cccs4)c3C2c2ccccn2)cc1. The zero-order valence-corrected chi connectivity index (χ0v) is 17.4. The number of anilines is 1. The van der Waals surface area contributed by atoms with Gasteiger partial charge in [-0.25, -0.2) is 4.79 Å². The van der Waals surface area contributed by atoms with Crippen molar-refractivity contribution < 1.29 is 14.3 Å². The van der Waals surface area contributed by atoms with E-state index in [-0.39, 0.29) is 5.91 Å². The number of hydrogen-bond donors (Lipinski definition) is 1. The molecular formula is C23H18N4O3S. The molecule has 1 N–H and O–H groups in total. The third-order valence-corrected chi connectivity index (χ3v) is 6.04. The van der Waals surface area contributed by atoms with E-state index in [4.69, 9.17) is 4.74 Å². The van der Waals surface area contributed by atoms with Crippen molar-refractivity contribution in [1.82, 2.24) is 15.2 Å². The number of ether oxygens (including phenoxy) is 1. The average Bonchev–Trinajstić information content (AvgIpc) is 3.52. The van der Waals surface area contributed by atoms with Crippen LogP contribution in [-0.2, 0) is 4.74 Å². The summed E-state index contributed by atoms with van der Waals surface area (Å²) in [6.45, 7) is 2.07. The first-order valence-electron chi connectivity index (χ1n) is 9.83. The largest absolute Gasteiger partial charge is 0.462 e. The minimum absolute atomic E-state index is 0.214. The molecule has 1 amide bonds. The second-order valence-electron chi connectivity index (χ2n) is 6.94. The lowest BCUT2D eigenvalue weighted by Crippen LogP contribution is -2.29. The molecule has 7 nitrogen and oxygen atoms in total. The number of nitrogens with one attached hydrogen (secondary N) is 1. The highest BCUT2D eigenvalue weighted by Gasteiger charge is 2.44. The zero-order valence-electron chi connectivity index (χ0n) is 16.6. The van der Waals surface area contributed by atoms with Gasteiger partial charge in [-0.05, 0) is 54.8 Å². The van der Waals surface area contributed by atoms with Gasteiger partial charge in [-0.3, -0.25) is 19.8 Å². The molecule has 1 atom stereocenters. The molecule has 31 heavy (non-hydrogen) atoms. The number of rotatable bonds is 5. The van der Waals surface area contributed by atoms with Gasteiger partial charge in [0.1, 0.15) is 6.04 Å². The number of carbonyl (C=O) groups excluding carboxylic acids is 2. The summed E-state index contributed by atoms with van der Waals surface area (Å²) in [7, 11) is 0. The van der Waals surface area contributed by atoms with Crippen molar-refractivity contribution in [2.75, 3.05) is 11.5 Å². The van der Waals surface area contributed by atoms with Crippen molar-refractivity contribution in [3.8, 4) is 10.6 Å². The number of aromatic nitrogens is 3. The van der Waals surface area contributed by atoms with E-state index in [1.165, 1.54) is 0 Å². The molecule has 0 saturated carbocycles. The number of nitrogens with zero attached hydrogens (tertiary/aromatic N) is 3. The maximum absolute atomic E-state index is 13.4. The fourth-order valence-electron chi connectivity index (χ4n) is 3.81. The molecule has 8 heteroatoms. The van der Waals surface area contributed by atoms with Gasteiger partial charge >= 0.3 is 5.97 Å². The number of esters is 1. The highest BCUT2D eigenvalue weighted by Crippen LogP contribution is 2.45. The summed E-state index contributed by atoms with van der Waals surface area (Å²) in [6.07, 6.45) is 1.71. The first-order valence-corrected chi connectivity index (χ1v) is 10.7. The van der Waals surface area contributed by atoms with Gasteiger partial charge in [0, 0.05) is 17.4 Å². The van der Waals surface area contributed by atoms with Gasteiger partial charge in [0.05, 0.1) is 28.4 Å². The minimum Gasteiger partial charge on any atom is -0.462 e. The van der Waals surface area contributed by atoms with Crippen LogP contribution in [-0.4, -0.2) is 33.7 Å². The molecule has 0 spiro atoms. The normalized spacial score (nSPS) is 15.2. The minimum atomic E-state index is -0.437. The number of thiophene rings is 1. The Morgan fingerprint density at radius 2 is 2.00 bits per heavy atom. The molecular weight excluding hydrogens is 412 g/mol. The molecule has 0 aliphatic carbocycles. The first-order chi connectivity index (χ1) is 15.2. The van der Waals surface area contributed by atoms with Crippen molar-refractivity contribution in [2.45, 2.75) is 13.0 Å². The number of benzene rings is 1. The summed E-state index contributed by atoms with van der Waals surface area (Å²) in [5.74, 6) is -0.607. The summed E-state index contributed by atoms with van der Waals surface area (Å²) < 4.78 is 5.06. The third kappa shape index (κ3) is 3.21. The molecule has 0 fully saturated rings. The summed E-state index contributed by atoms with van der Waals surface area (Å²) in [6, 6.07) is 16.0. The third-order valence-electron chi connectivity index (χ3n) is 5.15. The van der Waals surface area contributed by atoms with E-state index in [1.54, 1.807) is 53.6 Å². The van der Waals surface area contributed by atoms with E-state index >= 15 is 0 Å². The predicted molar refractivity (Wildman–Crippen MR) is 117 cm³/mol. The Labute approximate surface area is 182 Å². The Kier molecular flexibility index (Phi) is 4.83. The average molecular weight is 430 g/mol. The number of aromatic amines is 1. The number of H-pyrrole nitrogens is 1. The quantitative estimate of drug-likeness (QED) is 0.472. The van der Waals surface area contributed by atoms with Crippen molar-refractivity contribution in [1.29, 1.82) is 0 Å². The summed E-state index contributed by atoms with van der Waals surface area (Å²) >= 11 is 1.58. The van der Waals surface area contributed by atoms with Crippen LogP contribution in [0.2, 0.25) is 0 Å². The topological polar surface area (TPSA) is 88.2 Å². The lowest BCUT2D eigenvalue weighted by molar-refractivity contribution is 0.0526. The molecule has 4 aromatic rings. The molecule has 1 unspecified atom stereocenters. The number of fused-ring (bicyclic) bond motifs is 1. The van der Waals surface area contributed by atoms with E-state index < -0.39 is 12.0 Å². The molecule has 5 rings (SSSR count). The zero-order chi connectivity index (χ0) is 21.4. The van der Waals surface area contributed by atoms with Crippen LogP contribution in [0.1, 0.15) is 45.1 Å². The van der Waals surface area contributed by atoms with Crippen LogP contribution in [0.4, 0.5) is 5.69 Å². The maximum Gasteiger partial charge on any atom is 0.338 e. The number of carbonyl (C=O) groups is 2. The molecule has 1 aliphatic heterocycles. The van der Waals surface area contributed by atoms with Gasteiger partial charge in [0.2, 0.25) is 0 Å². The Balaban J connectivity index is 1.62. The van der Waals surface area contributed by atoms with E-state index in [1.807, 2.05) is 35.7 Å². The molecule has 154 valence electrons. The van der Waals surface area contributed by atoms with E-state index in [2.05, 4.69) is 15.2 Å². The van der Waals surface area contributed by atoms with Crippen LogP contribution in [0.3, 0.4) is 0 Å². The van der Waals surface area contributed by atoms with Crippen molar-refractivity contribution in [3.05, 3.63) is 88.7 Å². The summed E-state index contributed by atoms with van der Waals surface area (Å²) in [5, 5.41) is 9.37. The summed E-state index contributed by atoms with van der Waals surface area (Å²) in [4.78, 5) is 32.6. The predicted octanol–water partition coefficient (Wildman–Crippen LogP) is 4.46. The van der Waals surface area contributed by atoms with Crippen LogP contribution < -0.4 is 4.90 Å². The fourth-order valence-corrected chi connectivity index (χ4v) is 4.54. The van der Waals surface area contributed by atoms with Gasteiger partial charge < -0.3 is 4.74 Å². The number of hydrogen-bond acceptors (Lipinski definition) is 6. The van der Waals surface area contributed by atoms with Crippen LogP contribution in [0.25, 0.3) is 10.6 Å². The second kappa shape index (κ2) is 7.81. The van der Waals surface area contributed by atoms with Gasteiger partial charge in [-0.15, -0.1) is 11.3 Å². The highest BCUT2D eigenvalue weighted by atomic mass is 32.1. The molecule has 1 aliphatic rings. The van der Waals surface area contributed by atoms with Crippen LogP contribution in [0, 0.1) is 0 Å². The van der Waals surface area contributed by atoms with Gasteiger partial charge in [0.25, 0.3) is 5.91 Å². The van der Waals surface area contributed by atoms with E-state index in [9.17, 15) is 9.59 Å². The standard InChI is InChI=1S/C23H18N4O3S/c1-2-30-23(29)14-8-10-15(11-9-14)27-21(16-6-3-4-12-24-16)18-19(17-7-5-13-31-17)25-26-20(18)22(27)28/h3-13,21H,2H2,1H3,(H,25,26). The lowest BCUT2D eigenvalue weighted by Gasteiger charge is -2.25. The molecule has 0 radical (unpaired) electrons. The molecule has 0 saturated heterocycles. The van der Waals surface area contributed by atoms with Gasteiger partial charge in [-0.1, -0.05) is 12.1 Å². The van der Waals surface area contributed by atoms with Crippen LogP contribution >= 0.6 is 11.3 Å². The Bertz CT molecular complexity index is 1230. The van der Waals surface area contributed by atoms with Gasteiger partial charge in [-0.2, -0.15) is 5.10 Å². The monoisotopic (exact) mass is 430 g/mol. The number of amides is 1. The molecule has 1 aromatic carbocycles. The Morgan fingerprint density at radius 1 is 1.16 bits per heavy atom. The Morgan fingerprint density at radius 3 is 2.68 bits per heavy atom. The first kappa shape index (κ1) is 19.2. The Hall–Kier alpha value is -3.78. The highest BCUT2D eigenvalue weighted by molar-refractivity contribution is 7.13. The van der Waals surface area contributed by atoms with Crippen molar-refractivity contribution in [3.63, 3.8) is 0 Å². The molecule has 0 bridgehead atoms. The molecule has 4 heterocycles. The number of pyridine rings is 1. The lowest BCUT2D eigenvalue weighted by atomic mass is 10.0. The smallest absolute Gasteiger partial charge is 0.338 e. The van der Waals surface area contributed by atoms with Crippen molar-refractivity contribution >= 4 is 28.9 Å². The van der Waals surface area contributed by atoms with E-state index in [0.717, 1.165) is 21.8 Å². The molecule has 3 aromatic heterocycles. The maximum atomic E-state index is 13.4. The summed E-state index contributed by atoms with van der Waals surface area (Å²) in [5.41, 5.74) is 3.84. The fraction of sp³-hybridized carbons (Fsp3) is 0.130. The van der Waals surface area contributed by atoms with Crippen molar-refractivity contribution in [2.24, 2.45) is 0 Å². The second-order valence-corrected chi connectivity index (χ2v) is 7.89. The van der Waals surface area contributed by atoms with Crippen LogP contribution in [0.5, 0.6) is 0 Å². The van der Waals surface area contributed by atoms with Crippen LogP contribution in [0.15, 0.2) is 66.2 Å². The van der Waals surface area contributed by atoms with E-state index in [0.29, 0.717) is 23.6 Å². The van der Waals surface area contributed by atoms with Gasteiger partial charge in [0.15, 0.2) is 5.69 Å².